The maximum Gasteiger partial charge on any atom is 0.180 e. The third-order valence-corrected chi connectivity index (χ3v) is 4.64. The summed E-state index contributed by atoms with van der Waals surface area (Å²) in [5, 5.41) is 0. The van der Waals surface area contributed by atoms with Crippen LogP contribution in [0.5, 0.6) is 0 Å². The van der Waals surface area contributed by atoms with Gasteiger partial charge >= 0.3 is 0 Å². The summed E-state index contributed by atoms with van der Waals surface area (Å²) >= 11 is 0. The summed E-state index contributed by atoms with van der Waals surface area (Å²) in [5.74, 6) is 2.73. The molecular weight excluding hydrogens is 286 g/mol. The van der Waals surface area contributed by atoms with Gasteiger partial charge in [0.15, 0.2) is 5.82 Å². The number of anilines is 1. The molecule has 0 aromatic carbocycles. The first-order chi connectivity index (χ1) is 11.3. The zero-order valence-corrected chi connectivity index (χ0v) is 13.6. The van der Waals surface area contributed by atoms with Gasteiger partial charge in [-0.3, -0.25) is 9.88 Å². The Morgan fingerprint density at radius 3 is 2.61 bits per heavy atom. The van der Waals surface area contributed by atoms with Crippen LogP contribution < -0.4 is 4.90 Å². The van der Waals surface area contributed by atoms with Gasteiger partial charge in [-0.05, 0) is 37.8 Å². The standard InChI is InChI=1S/C18H23N5/c1-14-12-17(21-18(20-14)16-4-2-3-7-19-16)23-10-8-22(9-11-23)13-15-5-6-15/h2-4,7,12,15H,5-6,8-11,13H2,1H3. The Balaban J connectivity index is 1.49. The molecule has 0 bridgehead atoms. The second-order valence-corrected chi connectivity index (χ2v) is 6.64. The molecule has 0 atom stereocenters. The number of aromatic nitrogens is 3. The predicted molar refractivity (Wildman–Crippen MR) is 91.4 cm³/mol. The highest BCUT2D eigenvalue weighted by molar-refractivity contribution is 5.53. The van der Waals surface area contributed by atoms with Crippen molar-refractivity contribution in [3.8, 4) is 11.5 Å². The molecule has 2 aromatic heterocycles. The average molecular weight is 309 g/mol. The van der Waals surface area contributed by atoms with E-state index in [4.69, 9.17) is 4.98 Å². The van der Waals surface area contributed by atoms with Gasteiger partial charge in [0.2, 0.25) is 0 Å². The van der Waals surface area contributed by atoms with E-state index in [2.05, 4.69) is 25.8 Å². The average Bonchev–Trinajstić information content (AvgIpc) is 3.40. The number of hydrogen-bond acceptors (Lipinski definition) is 5. The van der Waals surface area contributed by atoms with Gasteiger partial charge in [0.1, 0.15) is 11.5 Å². The topological polar surface area (TPSA) is 45.2 Å². The summed E-state index contributed by atoms with van der Waals surface area (Å²) in [6.07, 6.45) is 4.65. The predicted octanol–water partition coefficient (Wildman–Crippen LogP) is 2.38. The third-order valence-electron chi connectivity index (χ3n) is 4.64. The van der Waals surface area contributed by atoms with Crippen LogP contribution in [0.3, 0.4) is 0 Å². The van der Waals surface area contributed by atoms with E-state index in [1.807, 2.05) is 25.1 Å². The van der Waals surface area contributed by atoms with Crippen molar-refractivity contribution in [3.05, 3.63) is 36.2 Å². The first-order valence-corrected chi connectivity index (χ1v) is 8.52. The molecule has 0 radical (unpaired) electrons. The van der Waals surface area contributed by atoms with Crippen LogP contribution in [0.15, 0.2) is 30.5 Å². The maximum atomic E-state index is 4.76. The minimum absolute atomic E-state index is 0.723. The van der Waals surface area contributed by atoms with Crippen LogP contribution in [0, 0.1) is 12.8 Å². The van der Waals surface area contributed by atoms with Gasteiger partial charge in [-0.15, -0.1) is 0 Å². The Morgan fingerprint density at radius 1 is 1.09 bits per heavy atom. The zero-order valence-electron chi connectivity index (χ0n) is 13.6. The largest absolute Gasteiger partial charge is 0.354 e. The molecule has 1 aliphatic carbocycles. The summed E-state index contributed by atoms with van der Waals surface area (Å²) in [6, 6.07) is 7.94. The van der Waals surface area contributed by atoms with Crippen molar-refractivity contribution in [2.24, 2.45) is 5.92 Å². The monoisotopic (exact) mass is 309 g/mol. The van der Waals surface area contributed by atoms with Crippen LogP contribution in [0.4, 0.5) is 5.82 Å². The van der Waals surface area contributed by atoms with Crippen molar-refractivity contribution in [2.75, 3.05) is 37.6 Å². The van der Waals surface area contributed by atoms with Gasteiger partial charge in [0, 0.05) is 50.7 Å². The molecule has 23 heavy (non-hydrogen) atoms. The number of rotatable bonds is 4. The molecular formula is C18H23N5. The lowest BCUT2D eigenvalue weighted by molar-refractivity contribution is 0.247. The van der Waals surface area contributed by atoms with Crippen molar-refractivity contribution in [2.45, 2.75) is 19.8 Å². The Hall–Kier alpha value is -2.01. The zero-order chi connectivity index (χ0) is 15.6. The Labute approximate surface area is 137 Å². The smallest absolute Gasteiger partial charge is 0.180 e. The number of pyridine rings is 1. The van der Waals surface area contributed by atoms with E-state index in [1.165, 1.54) is 19.4 Å². The van der Waals surface area contributed by atoms with Crippen molar-refractivity contribution in [1.29, 1.82) is 0 Å². The molecule has 4 rings (SSSR count). The first kappa shape index (κ1) is 14.6. The fourth-order valence-electron chi connectivity index (χ4n) is 3.15. The van der Waals surface area contributed by atoms with Crippen LogP contribution in [-0.4, -0.2) is 52.6 Å². The van der Waals surface area contributed by atoms with E-state index in [-0.39, 0.29) is 0 Å². The lowest BCUT2D eigenvalue weighted by Crippen LogP contribution is -2.47. The molecule has 1 saturated heterocycles. The van der Waals surface area contributed by atoms with E-state index in [1.54, 1.807) is 6.20 Å². The molecule has 2 aliphatic rings. The molecule has 3 heterocycles. The summed E-state index contributed by atoms with van der Waals surface area (Å²) in [7, 11) is 0. The third kappa shape index (κ3) is 3.50. The molecule has 0 spiro atoms. The van der Waals surface area contributed by atoms with E-state index >= 15 is 0 Å². The molecule has 5 nitrogen and oxygen atoms in total. The molecule has 1 aliphatic heterocycles. The van der Waals surface area contributed by atoms with Gasteiger partial charge in [-0.2, -0.15) is 0 Å². The summed E-state index contributed by atoms with van der Waals surface area (Å²) in [4.78, 5) is 18.7. The lowest BCUT2D eigenvalue weighted by Gasteiger charge is -2.35. The minimum Gasteiger partial charge on any atom is -0.354 e. The Kier molecular flexibility index (Phi) is 3.95. The van der Waals surface area contributed by atoms with E-state index in [0.29, 0.717) is 0 Å². The van der Waals surface area contributed by atoms with Crippen LogP contribution in [-0.2, 0) is 0 Å². The summed E-state index contributed by atoms with van der Waals surface area (Å²) in [6.45, 7) is 7.68. The Bertz CT molecular complexity index is 660. The molecule has 1 saturated carbocycles. The fraction of sp³-hybridized carbons (Fsp3) is 0.500. The number of hydrogen-bond donors (Lipinski definition) is 0. The molecule has 0 N–H and O–H groups in total. The second kappa shape index (κ2) is 6.24. The quantitative estimate of drug-likeness (QED) is 0.867. The Morgan fingerprint density at radius 2 is 1.91 bits per heavy atom. The highest BCUT2D eigenvalue weighted by Gasteiger charge is 2.26. The number of aryl methyl sites for hydroxylation is 1. The van der Waals surface area contributed by atoms with Gasteiger partial charge in [0.25, 0.3) is 0 Å². The van der Waals surface area contributed by atoms with Crippen LogP contribution in [0.1, 0.15) is 18.5 Å². The highest BCUT2D eigenvalue weighted by atomic mass is 15.3. The molecule has 2 aromatic rings. The second-order valence-electron chi connectivity index (χ2n) is 6.64. The van der Waals surface area contributed by atoms with Crippen LogP contribution in [0.25, 0.3) is 11.5 Å². The molecule has 2 fully saturated rings. The fourth-order valence-corrected chi connectivity index (χ4v) is 3.15. The molecule has 120 valence electrons. The van der Waals surface area contributed by atoms with E-state index in [9.17, 15) is 0 Å². The number of nitrogens with zero attached hydrogens (tertiary/aromatic N) is 5. The van der Waals surface area contributed by atoms with Crippen LogP contribution >= 0.6 is 0 Å². The van der Waals surface area contributed by atoms with Gasteiger partial charge in [0.05, 0.1) is 0 Å². The van der Waals surface area contributed by atoms with Gasteiger partial charge < -0.3 is 4.90 Å². The molecule has 0 amide bonds. The molecule has 5 heteroatoms. The van der Waals surface area contributed by atoms with Crippen molar-refractivity contribution >= 4 is 5.82 Å². The first-order valence-electron chi connectivity index (χ1n) is 8.52. The van der Waals surface area contributed by atoms with Gasteiger partial charge in [-0.1, -0.05) is 6.07 Å². The molecule has 0 unspecified atom stereocenters. The van der Waals surface area contributed by atoms with Crippen molar-refractivity contribution in [1.82, 2.24) is 19.9 Å². The van der Waals surface area contributed by atoms with Gasteiger partial charge in [-0.25, -0.2) is 9.97 Å². The van der Waals surface area contributed by atoms with Crippen LogP contribution in [0.2, 0.25) is 0 Å². The van der Waals surface area contributed by atoms with E-state index < -0.39 is 0 Å². The summed E-state index contributed by atoms with van der Waals surface area (Å²) in [5.41, 5.74) is 1.83. The lowest BCUT2D eigenvalue weighted by atomic mass is 10.2. The highest BCUT2D eigenvalue weighted by Crippen LogP contribution is 2.30. The SMILES string of the molecule is Cc1cc(N2CCN(CC3CC3)CC2)nc(-c2ccccn2)n1. The van der Waals surface area contributed by atoms with Crippen molar-refractivity contribution in [3.63, 3.8) is 0 Å². The van der Waals surface area contributed by atoms with Crippen molar-refractivity contribution < 1.29 is 0 Å². The summed E-state index contributed by atoms with van der Waals surface area (Å²) < 4.78 is 0. The normalized spacial score (nSPS) is 19.1. The minimum atomic E-state index is 0.723. The maximum absolute atomic E-state index is 4.76. The number of piperazine rings is 1. The van der Waals surface area contributed by atoms with E-state index in [0.717, 1.165) is 55.1 Å².